The Morgan fingerprint density at radius 2 is 1.95 bits per heavy atom. The Bertz CT molecular complexity index is 655. The first-order chi connectivity index (χ1) is 9.95. The van der Waals surface area contributed by atoms with Crippen LogP contribution in [0, 0.1) is 37.0 Å². The van der Waals surface area contributed by atoms with Crippen LogP contribution < -0.4 is 5.32 Å². The summed E-state index contributed by atoms with van der Waals surface area (Å²) < 4.78 is 0. The molecule has 1 amide bonds. The number of anilines is 1. The summed E-state index contributed by atoms with van der Waals surface area (Å²) in [5, 5.41) is 21.6. The molecular formula is C15H16N2O3S. The van der Waals surface area contributed by atoms with Crippen LogP contribution in [0.3, 0.4) is 0 Å². The van der Waals surface area contributed by atoms with Crippen molar-refractivity contribution in [2.24, 2.45) is 11.8 Å². The Morgan fingerprint density at radius 1 is 1.33 bits per heavy atom. The third kappa shape index (κ3) is 2.98. The minimum atomic E-state index is -0.960. The molecule has 0 aliphatic heterocycles. The highest BCUT2D eigenvalue weighted by Gasteiger charge is 2.34. The second-order valence-corrected chi connectivity index (χ2v) is 6.31. The monoisotopic (exact) mass is 304 g/mol. The lowest BCUT2D eigenvalue weighted by atomic mass is 9.82. The zero-order valence-electron chi connectivity index (χ0n) is 11.8. The summed E-state index contributed by atoms with van der Waals surface area (Å²) in [5.41, 5.74) is 1.32. The Kier molecular flexibility index (Phi) is 4.43. The van der Waals surface area contributed by atoms with Crippen LogP contribution in [0.4, 0.5) is 5.00 Å². The van der Waals surface area contributed by atoms with E-state index in [4.69, 9.17) is 0 Å². The van der Waals surface area contributed by atoms with Gasteiger partial charge >= 0.3 is 5.97 Å². The summed E-state index contributed by atoms with van der Waals surface area (Å²) in [6, 6.07) is 2.09. The number of carboxylic acid groups (broad SMARTS) is 1. The quantitative estimate of drug-likeness (QED) is 0.840. The molecule has 1 aromatic heterocycles. The van der Waals surface area contributed by atoms with Gasteiger partial charge in [0.25, 0.3) is 0 Å². The fourth-order valence-corrected chi connectivity index (χ4v) is 3.44. The molecule has 1 aromatic rings. The summed E-state index contributed by atoms with van der Waals surface area (Å²) in [4.78, 5) is 24.6. The van der Waals surface area contributed by atoms with Gasteiger partial charge in [-0.3, -0.25) is 9.59 Å². The summed E-state index contributed by atoms with van der Waals surface area (Å²) >= 11 is 1.35. The van der Waals surface area contributed by atoms with Crippen molar-refractivity contribution in [3.8, 4) is 6.07 Å². The predicted molar refractivity (Wildman–Crippen MR) is 80.1 cm³/mol. The molecule has 21 heavy (non-hydrogen) atoms. The zero-order chi connectivity index (χ0) is 15.6. The Balaban J connectivity index is 2.22. The fourth-order valence-electron chi connectivity index (χ4n) is 2.43. The highest BCUT2D eigenvalue weighted by Crippen LogP contribution is 2.33. The number of amides is 1. The average Bonchev–Trinajstić information content (AvgIpc) is 2.73. The van der Waals surface area contributed by atoms with Gasteiger partial charge in [0.1, 0.15) is 11.1 Å². The molecule has 1 heterocycles. The number of hydrogen-bond acceptors (Lipinski definition) is 4. The molecule has 2 atom stereocenters. The Morgan fingerprint density at radius 3 is 2.52 bits per heavy atom. The molecule has 0 fully saturated rings. The fraction of sp³-hybridized carbons (Fsp3) is 0.400. The van der Waals surface area contributed by atoms with E-state index in [0.717, 1.165) is 10.4 Å². The van der Waals surface area contributed by atoms with E-state index in [-0.39, 0.29) is 5.91 Å². The first-order valence-corrected chi connectivity index (χ1v) is 7.46. The van der Waals surface area contributed by atoms with Crippen molar-refractivity contribution in [3.05, 3.63) is 28.2 Å². The smallest absolute Gasteiger partial charge is 0.307 e. The maximum Gasteiger partial charge on any atom is 0.307 e. The van der Waals surface area contributed by atoms with Crippen LogP contribution in [0.15, 0.2) is 12.2 Å². The Hall–Kier alpha value is -2.13. The van der Waals surface area contributed by atoms with Crippen LogP contribution in [0.5, 0.6) is 0 Å². The molecule has 2 N–H and O–H groups in total. The maximum atomic E-state index is 12.4. The molecule has 1 aliphatic carbocycles. The summed E-state index contributed by atoms with van der Waals surface area (Å²) in [5.74, 6) is -2.59. The number of nitrogens with zero attached hydrogens (tertiary/aromatic N) is 1. The number of hydrogen-bond donors (Lipinski definition) is 2. The van der Waals surface area contributed by atoms with Crippen LogP contribution >= 0.6 is 11.3 Å². The largest absolute Gasteiger partial charge is 0.481 e. The van der Waals surface area contributed by atoms with Crippen LogP contribution in [0.25, 0.3) is 0 Å². The molecule has 5 nitrogen and oxygen atoms in total. The SMILES string of the molecule is Cc1sc(NC(=O)[C@H]2CC=CC[C@@H]2C(=O)O)c(C#N)c1C. The molecule has 110 valence electrons. The van der Waals surface area contributed by atoms with Crippen molar-refractivity contribution in [3.63, 3.8) is 0 Å². The van der Waals surface area contributed by atoms with Crippen LogP contribution in [-0.2, 0) is 9.59 Å². The number of carboxylic acids is 1. The van der Waals surface area contributed by atoms with Crippen molar-refractivity contribution in [1.29, 1.82) is 5.26 Å². The highest BCUT2D eigenvalue weighted by molar-refractivity contribution is 7.16. The predicted octanol–water partition coefficient (Wildman–Crippen LogP) is 2.84. The van der Waals surface area contributed by atoms with E-state index in [1.807, 2.05) is 19.9 Å². The summed E-state index contributed by atoms with van der Waals surface area (Å²) in [6.07, 6.45) is 4.40. The van der Waals surface area contributed by atoms with E-state index >= 15 is 0 Å². The van der Waals surface area contributed by atoms with Crippen LogP contribution in [0.2, 0.25) is 0 Å². The number of nitriles is 1. The number of nitrogens with one attached hydrogen (secondary N) is 1. The van der Waals surface area contributed by atoms with Crippen LogP contribution in [-0.4, -0.2) is 17.0 Å². The molecule has 2 rings (SSSR count). The molecule has 0 unspecified atom stereocenters. The summed E-state index contributed by atoms with van der Waals surface area (Å²) in [7, 11) is 0. The van der Waals surface area contributed by atoms with Crippen molar-refractivity contribution < 1.29 is 14.7 Å². The lowest BCUT2D eigenvalue weighted by Gasteiger charge is -2.23. The number of carbonyl (C=O) groups excluding carboxylic acids is 1. The van der Waals surface area contributed by atoms with E-state index in [1.54, 1.807) is 6.08 Å². The van der Waals surface area contributed by atoms with Crippen molar-refractivity contribution in [2.75, 3.05) is 5.32 Å². The first-order valence-electron chi connectivity index (χ1n) is 6.64. The van der Waals surface area contributed by atoms with Gasteiger partial charge in [0, 0.05) is 4.88 Å². The topological polar surface area (TPSA) is 90.2 Å². The first kappa shape index (κ1) is 15.3. The normalized spacial score (nSPS) is 20.8. The number of carbonyl (C=O) groups is 2. The van der Waals surface area contributed by atoms with Gasteiger partial charge in [0.05, 0.1) is 17.4 Å². The Labute approximate surface area is 126 Å². The minimum Gasteiger partial charge on any atom is -0.481 e. The molecule has 0 bridgehead atoms. The molecule has 0 spiro atoms. The standard InChI is InChI=1S/C15H16N2O3S/c1-8-9(2)21-14(12(8)7-16)17-13(18)10-5-3-4-6-11(10)15(19)20/h3-4,10-11H,5-6H2,1-2H3,(H,17,18)(H,19,20)/t10-,11-/m0/s1. The van der Waals surface area contributed by atoms with Crippen molar-refractivity contribution >= 4 is 28.2 Å². The number of thiophene rings is 1. The second-order valence-electron chi connectivity index (χ2n) is 5.08. The number of allylic oxidation sites excluding steroid dienone is 2. The molecule has 0 saturated heterocycles. The lowest BCUT2D eigenvalue weighted by molar-refractivity contribution is -0.146. The van der Waals surface area contributed by atoms with E-state index in [1.165, 1.54) is 11.3 Å². The zero-order valence-corrected chi connectivity index (χ0v) is 12.7. The molecule has 1 aliphatic rings. The molecule has 0 radical (unpaired) electrons. The minimum absolute atomic E-state index is 0.329. The maximum absolute atomic E-state index is 12.4. The highest BCUT2D eigenvalue weighted by atomic mass is 32.1. The van der Waals surface area contributed by atoms with Crippen LogP contribution in [0.1, 0.15) is 28.8 Å². The van der Waals surface area contributed by atoms with E-state index < -0.39 is 17.8 Å². The van der Waals surface area contributed by atoms with Gasteiger partial charge in [-0.2, -0.15) is 5.26 Å². The van der Waals surface area contributed by atoms with Gasteiger partial charge in [0.2, 0.25) is 5.91 Å². The van der Waals surface area contributed by atoms with Crippen molar-refractivity contribution in [2.45, 2.75) is 26.7 Å². The average molecular weight is 304 g/mol. The van der Waals surface area contributed by atoms with Crippen molar-refractivity contribution in [1.82, 2.24) is 0 Å². The van der Waals surface area contributed by atoms with E-state index in [9.17, 15) is 20.0 Å². The summed E-state index contributed by atoms with van der Waals surface area (Å²) in [6.45, 7) is 3.73. The van der Waals surface area contributed by atoms with Gasteiger partial charge < -0.3 is 10.4 Å². The number of aryl methyl sites for hydroxylation is 1. The third-order valence-corrected chi connectivity index (χ3v) is 4.94. The van der Waals surface area contributed by atoms with Gasteiger partial charge in [-0.1, -0.05) is 12.2 Å². The van der Waals surface area contributed by atoms with E-state index in [2.05, 4.69) is 11.4 Å². The number of rotatable bonds is 3. The van der Waals surface area contributed by atoms with Gasteiger partial charge in [0.15, 0.2) is 0 Å². The molecule has 0 aromatic carbocycles. The lowest BCUT2D eigenvalue weighted by Crippen LogP contribution is -2.34. The van der Waals surface area contributed by atoms with Gasteiger partial charge in [-0.25, -0.2) is 0 Å². The molecule has 6 heteroatoms. The van der Waals surface area contributed by atoms with Gasteiger partial charge in [-0.15, -0.1) is 11.3 Å². The van der Waals surface area contributed by atoms with Gasteiger partial charge in [-0.05, 0) is 32.3 Å². The second kappa shape index (κ2) is 6.10. The molecule has 0 saturated carbocycles. The number of aliphatic carboxylic acids is 1. The molecular weight excluding hydrogens is 288 g/mol. The third-order valence-electron chi connectivity index (χ3n) is 3.82. The van der Waals surface area contributed by atoms with E-state index in [0.29, 0.717) is 23.4 Å².